The molecule has 0 aliphatic carbocycles. The summed E-state index contributed by atoms with van der Waals surface area (Å²) in [5.41, 5.74) is 10.1. The van der Waals surface area contributed by atoms with Crippen LogP contribution >= 0.6 is 11.3 Å². The molecule has 206 valence electrons. The molecule has 3 aromatic heterocycles. The van der Waals surface area contributed by atoms with Crippen LogP contribution in [-0.2, 0) is 0 Å². The number of para-hydroxylation sites is 2. The number of fused-ring (bicyclic) bond motifs is 6. The van der Waals surface area contributed by atoms with Gasteiger partial charge in [-0.25, -0.2) is 4.98 Å². The van der Waals surface area contributed by atoms with Crippen LogP contribution in [0.25, 0.3) is 81.3 Å². The third-order valence-corrected chi connectivity index (χ3v) is 9.82. The first kappa shape index (κ1) is 25.0. The summed E-state index contributed by atoms with van der Waals surface area (Å²) >= 11 is 1.85. The summed E-state index contributed by atoms with van der Waals surface area (Å²) < 4.78 is 4.93. The van der Waals surface area contributed by atoms with Gasteiger partial charge in [0.25, 0.3) is 0 Å². The van der Waals surface area contributed by atoms with Crippen molar-refractivity contribution in [2.75, 3.05) is 0 Å². The molecule has 9 aromatic rings. The maximum absolute atomic E-state index is 5.37. The Morgan fingerprint density at radius 1 is 0.432 bits per heavy atom. The van der Waals surface area contributed by atoms with Crippen LogP contribution in [0.4, 0.5) is 0 Å². The van der Waals surface area contributed by atoms with E-state index in [9.17, 15) is 0 Å². The third kappa shape index (κ3) is 3.98. The summed E-state index contributed by atoms with van der Waals surface area (Å²) in [6.07, 6.45) is 0. The highest BCUT2D eigenvalue weighted by atomic mass is 32.1. The second kappa shape index (κ2) is 10.0. The number of rotatable bonds is 4. The Balaban J connectivity index is 1.29. The van der Waals surface area contributed by atoms with Gasteiger partial charge in [0, 0.05) is 47.8 Å². The van der Waals surface area contributed by atoms with Gasteiger partial charge in [-0.1, -0.05) is 109 Å². The van der Waals surface area contributed by atoms with Gasteiger partial charge in [-0.15, -0.1) is 11.3 Å². The number of hydrogen-bond acceptors (Lipinski definition) is 2. The standard InChI is InChI=1S/C41H26N2S/c1-3-12-27(13-4-1)29-25-36(42-37(26-29)34-19-11-18-33-32-17-8-10-21-40(32)44-41(33)34)28-22-23-39-35(24-28)31-16-7-9-20-38(31)43(39)30-14-5-2-6-15-30/h1-26H. The van der Waals surface area contributed by atoms with Crippen molar-refractivity contribution in [3.63, 3.8) is 0 Å². The Morgan fingerprint density at radius 3 is 1.98 bits per heavy atom. The highest BCUT2D eigenvalue weighted by molar-refractivity contribution is 7.26. The van der Waals surface area contributed by atoms with Crippen LogP contribution in [0.3, 0.4) is 0 Å². The molecule has 0 fully saturated rings. The van der Waals surface area contributed by atoms with E-state index in [4.69, 9.17) is 4.98 Å². The largest absolute Gasteiger partial charge is 0.309 e. The van der Waals surface area contributed by atoms with Gasteiger partial charge >= 0.3 is 0 Å². The minimum absolute atomic E-state index is 0.970. The molecule has 3 heteroatoms. The van der Waals surface area contributed by atoms with Gasteiger partial charge in [0.1, 0.15) is 0 Å². The van der Waals surface area contributed by atoms with Crippen molar-refractivity contribution >= 4 is 53.3 Å². The van der Waals surface area contributed by atoms with Crippen LogP contribution in [0.15, 0.2) is 158 Å². The summed E-state index contributed by atoms with van der Waals surface area (Å²) in [6.45, 7) is 0. The highest BCUT2D eigenvalue weighted by Crippen LogP contribution is 2.41. The first-order valence-electron chi connectivity index (χ1n) is 14.9. The summed E-state index contributed by atoms with van der Waals surface area (Å²) in [7, 11) is 0. The minimum Gasteiger partial charge on any atom is -0.309 e. The number of benzene rings is 6. The van der Waals surface area contributed by atoms with Gasteiger partial charge in [0.15, 0.2) is 0 Å². The first-order chi connectivity index (χ1) is 21.8. The first-order valence-corrected chi connectivity index (χ1v) is 15.7. The molecule has 0 N–H and O–H groups in total. The zero-order valence-electron chi connectivity index (χ0n) is 23.8. The van der Waals surface area contributed by atoms with Gasteiger partial charge in [-0.05, 0) is 59.7 Å². The molecule has 3 heterocycles. The number of hydrogen-bond donors (Lipinski definition) is 0. The Morgan fingerprint density at radius 2 is 1.11 bits per heavy atom. The van der Waals surface area contributed by atoms with E-state index in [1.807, 2.05) is 11.3 Å². The lowest BCUT2D eigenvalue weighted by molar-refractivity contribution is 1.18. The SMILES string of the molecule is c1ccc(-c2cc(-c3ccc4c(c3)c3ccccc3n4-c3ccccc3)nc(-c3cccc4c3sc3ccccc34)c2)cc1. The normalized spacial score (nSPS) is 11.6. The zero-order valence-corrected chi connectivity index (χ0v) is 24.6. The topological polar surface area (TPSA) is 17.8 Å². The Kier molecular flexibility index (Phi) is 5.71. The Bertz CT molecular complexity index is 2490. The van der Waals surface area contributed by atoms with E-state index in [-0.39, 0.29) is 0 Å². The average molecular weight is 579 g/mol. The molecule has 6 aromatic carbocycles. The molecule has 44 heavy (non-hydrogen) atoms. The van der Waals surface area contributed by atoms with E-state index < -0.39 is 0 Å². The number of pyridine rings is 1. The van der Waals surface area contributed by atoms with Crippen molar-refractivity contribution in [1.29, 1.82) is 0 Å². The molecule has 0 unspecified atom stereocenters. The van der Waals surface area contributed by atoms with Gasteiger partial charge in [-0.3, -0.25) is 0 Å². The molecule has 0 atom stereocenters. The zero-order chi connectivity index (χ0) is 29.0. The molecular formula is C41H26N2S. The van der Waals surface area contributed by atoms with Crippen molar-refractivity contribution in [3.8, 4) is 39.3 Å². The highest BCUT2D eigenvalue weighted by Gasteiger charge is 2.16. The van der Waals surface area contributed by atoms with Crippen LogP contribution in [0.1, 0.15) is 0 Å². The monoisotopic (exact) mass is 578 g/mol. The van der Waals surface area contributed by atoms with Crippen molar-refractivity contribution in [2.45, 2.75) is 0 Å². The van der Waals surface area contributed by atoms with E-state index >= 15 is 0 Å². The molecule has 9 rings (SSSR count). The van der Waals surface area contributed by atoms with Gasteiger partial charge in [0.05, 0.1) is 22.4 Å². The fraction of sp³-hybridized carbons (Fsp3) is 0. The molecule has 0 aliphatic rings. The van der Waals surface area contributed by atoms with Crippen LogP contribution in [0.2, 0.25) is 0 Å². The summed E-state index contributed by atoms with van der Waals surface area (Å²) in [4.78, 5) is 5.37. The van der Waals surface area contributed by atoms with Crippen molar-refractivity contribution in [1.82, 2.24) is 9.55 Å². The number of nitrogens with zero attached hydrogens (tertiary/aromatic N) is 2. The van der Waals surface area contributed by atoms with Crippen LogP contribution in [0.5, 0.6) is 0 Å². The molecule has 0 saturated carbocycles. The third-order valence-electron chi connectivity index (χ3n) is 8.60. The van der Waals surface area contributed by atoms with Crippen molar-refractivity contribution in [3.05, 3.63) is 158 Å². The van der Waals surface area contributed by atoms with Gasteiger partial charge < -0.3 is 4.57 Å². The quantitative estimate of drug-likeness (QED) is 0.203. The lowest BCUT2D eigenvalue weighted by Crippen LogP contribution is -1.93. The molecule has 0 radical (unpaired) electrons. The summed E-state index contributed by atoms with van der Waals surface area (Å²) in [5, 5.41) is 5.05. The molecular weight excluding hydrogens is 553 g/mol. The maximum Gasteiger partial charge on any atom is 0.0730 e. The molecule has 0 aliphatic heterocycles. The smallest absolute Gasteiger partial charge is 0.0730 e. The van der Waals surface area contributed by atoms with Crippen molar-refractivity contribution < 1.29 is 0 Å². The minimum atomic E-state index is 0.970. The molecule has 0 saturated heterocycles. The lowest BCUT2D eigenvalue weighted by atomic mass is 9.98. The lowest BCUT2D eigenvalue weighted by Gasteiger charge is -2.12. The molecule has 0 spiro atoms. The Hall–Kier alpha value is -5.51. The van der Waals surface area contributed by atoms with Crippen LogP contribution in [0, 0.1) is 0 Å². The predicted octanol–water partition coefficient (Wildman–Crippen LogP) is 11.5. The number of thiophene rings is 1. The molecule has 0 amide bonds. The predicted molar refractivity (Wildman–Crippen MR) is 188 cm³/mol. The second-order valence-electron chi connectivity index (χ2n) is 11.2. The van der Waals surface area contributed by atoms with Crippen LogP contribution in [-0.4, -0.2) is 9.55 Å². The van der Waals surface area contributed by atoms with E-state index in [0.717, 1.165) is 28.2 Å². The van der Waals surface area contributed by atoms with E-state index in [1.54, 1.807) is 0 Å². The maximum atomic E-state index is 5.37. The molecule has 0 bridgehead atoms. The fourth-order valence-corrected chi connectivity index (χ4v) is 7.78. The number of aromatic nitrogens is 2. The summed E-state index contributed by atoms with van der Waals surface area (Å²) in [6, 6.07) is 56.5. The molecule has 2 nitrogen and oxygen atoms in total. The average Bonchev–Trinajstić information content (AvgIpc) is 3.64. The van der Waals surface area contributed by atoms with E-state index in [0.29, 0.717) is 0 Å². The van der Waals surface area contributed by atoms with Gasteiger partial charge in [0.2, 0.25) is 0 Å². The van der Waals surface area contributed by atoms with Crippen molar-refractivity contribution in [2.24, 2.45) is 0 Å². The summed E-state index contributed by atoms with van der Waals surface area (Å²) in [5.74, 6) is 0. The van der Waals surface area contributed by atoms with Crippen LogP contribution < -0.4 is 0 Å². The Labute approximate surface area is 259 Å². The fourth-order valence-electron chi connectivity index (χ4n) is 6.55. The van der Waals surface area contributed by atoms with E-state index in [1.165, 1.54) is 53.1 Å². The van der Waals surface area contributed by atoms with Gasteiger partial charge in [-0.2, -0.15) is 0 Å². The second-order valence-corrected chi connectivity index (χ2v) is 12.2. The van der Waals surface area contributed by atoms with E-state index in [2.05, 4.69) is 162 Å².